The standard InChI is InChI=1S/C16H22N2O2S/c1-9-13(14(19)20-2)21-15(17-9)18-16-6-10-3-11(7-16)5-12(4-10)8-16/h10-12H,3-8H2,1-2H3,(H,17,18). The fourth-order valence-corrected chi connectivity index (χ4v) is 6.23. The van der Waals surface area contributed by atoms with Gasteiger partial charge in [0, 0.05) is 5.54 Å². The lowest BCUT2D eigenvalue weighted by molar-refractivity contribution is 0.0107. The van der Waals surface area contributed by atoms with Crippen LogP contribution in [0.25, 0.3) is 0 Å². The molecule has 5 rings (SSSR count). The third-order valence-electron chi connectivity index (χ3n) is 5.58. The van der Waals surface area contributed by atoms with Gasteiger partial charge >= 0.3 is 5.97 Å². The minimum Gasteiger partial charge on any atom is -0.465 e. The van der Waals surface area contributed by atoms with E-state index in [4.69, 9.17) is 4.74 Å². The van der Waals surface area contributed by atoms with E-state index in [2.05, 4.69) is 10.3 Å². The Kier molecular flexibility index (Phi) is 3.03. The highest BCUT2D eigenvalue weighted by molar-refractivity contribution is 7.17. The van der Waals surface area contributed by atoms with Crippen LogP contribution in [0.15, 0.2) is 0 Å². The van der Waals surface area contributed by atoms with E-state index in [1.54, 1.807) is 0 Å². The number of anilines is 1. The van der Waals surface area contributed by atoms with Crippen molar-refractivity contribution in [3.63, 3.8) is 0 Å². The molecule has 1 heterocycles. The van der Waals surface area contributed by atoms with E-state index in [-0.39, 0.29) is 11.5 Å². The van der Waals surface area contributed by atoms with Crippen LogP contribution in [0.1, 0.15) is 53.9 Å². The van der Waals surface area contributed by atoms with Crippen LogP contribution in [0.3, 0.4) is 0 Å². The molecule has 0 amide bonds. The zero-order chi connectivity index (χ0) is 14.6. The molecule has 0 aliphatic heterocycles. The molecule has 4 nitrogen and oxygen atoms in total. The molecule has 4 aliphatic carbocycles. The molecular formula is C16H22N2O2S. The number of hydrogen-bond acceptors (Lipinski definition) is 5. The Balaban J connectivity index is 1.57. The summed E-state index contributed by atoms with van der Waals surface area (Å²) in [5.74, 6) is 2.45. The van der Waals surface area contributed by atoms with Crippen LogP contribution in [0.4, 0.5) is 5.13 Å². The Morgan fingerprint density at radius 3 is 2.33 bits per heavy atom. The molecule has 4 saturated carbocycles. The van der Waals surface area contributed by atoms with Gasteiger partial charge in [0.2, 0.25) is 0 Å². The first-order valence-corrected chi connectivity index (χ1v) is 8.72. The lowest BCUT2D eigenvalue weighted by Gasteiger charge is -2.56. The summed E-state index contributed by atoms with van der Waals surface area (Å²) in [6.45, 7) is 1.88. The second-order valence-corrected chi connectivity index (χ2v) is 8.25. The summed E-state index contributed by atoms with van der Waals surface area (Å²) in [5, 5.41) is 4.62. The van der Waals surface area contributed by atoms with Gasteiger partial charge in [0.05, 0.1) is 12.8 Å². The van der Waals surface area contributed by atoms with Crippen molar-refractivity contribution in [1.82, 2.24) is 4.98 Å². The topological polar surface area (TPSA) is 51.2 Å². The zero-order valence-corrected chi connectivity index (χ0v) is 13.5. The smallest absolute Gasteiger partial charge is 0.350 e. The van der Waals surface area contributed by atoms with Crippen LogP contribution in [0.2, 0.25) is 0 Å². The van der Waals surface area contributed by atoms with Gasteiger partial charge in [0.1, 0.15) is 4.88 Å². The number of nitrogens with one attached hydrogen (secondary N) is 1. The average molecular weight is 306 g/mol. The van der Waals surface area contributed by atoms with Gasteiger partial charge in [-0.05, 0) is 63.2 Å². The number of hydrogen-bond donors (Lipinski definition) is 1. The Bertz CT molecular complexity index is 546. The number of aromatic nitrogens is 1. The highest BCUT2D eigenvalue weighted by Crippen LogP contribution is 2.56. The van der Waals surface area contributed by atoms with Crippen LogP contribution in [0, 0.1) is 24.7 Å². The second-order valence-electron chi connectivity index (χ2n) is 7.25. The molecule has 1 aromatic rings. The summed E-state index contributed by atoms with van der Waals surface area (Å²) in [6, 6.07) is 0. The molecule has 0 spiro atoms. The van der Waals surface area contributed by atoms with Gasteiger partial charge in [-0.3, -0.25) is 0 Å². The normalized spacial score (nSPS) is 36.8. The van der Waals surface area contributed by atoms with Crippen molar-refractivity contribution < 1.29 is 9.53 Å². The summed E-state index contributed by atoms with van der Waals surface area (Å²) in [6.07, 6.45) is 8.16. The van der Waals surface area contributed by atoms with Gasteiger partial charge in [-0.15, -0.1) is 0 Å². The van der Waals surface area contributed by atoms with Gasteiger partial charge in [-0.1, -0.05) is 11.3 Å². The van der Waals surface area contributed by atoms with Crippen molar-refractivity contribution in [2.24, 2.45) is 17.8 Å². The molecule has 1 N–H and O–H groups in total. The quantitative estimate of drug-likeness (QED) is 0.867. The van der Waals surface area contributed by atoms with Gasteiger partial charge in [0.25, 0.3) is 0 Å². The Morgan fingerprint density at radius 2 is 1.81 bits per heavy atom. The summed E-state index contributed by atoms with van der Waals surface area (Å²) in [5.41, 5.74) is 1.02. The largest absolute Gasteiger partial charge is 0.465 e. The minimum absolute atomic E-state index is 0.242. The van der Waals surface area contributed by atoms with Crippen LogP contribution < -0.4 is 5.32 Å². The molecule has 0 saturated heterocycles. The van der Waals surface area contributed by atoms with Crippen molar-refractivity contribution in [1.29, 1.82) is 0 Å². The number of methoxy groups -OCH3 is 1. The van der Waals surface area contributed by atoms with Gasteiger partial charge < -0.3 is 10.1 Å². The van der Waals surface area contributed by atoms with Crippen molar-refractivity contribution in [3.05, 3.63) is 10.6 Å². The van der Waals surface area contributed by atoms with E-state index >= 15 is 0 Å². The number of nitrogens with zero attached hydrogens (tertiary/aromatic N) is 1. The highest BCUT2D eigenvalue weighted by Gasteiger charge is 2.51. The first-order valence-electron chi connectivity index (χ1n) is 7.91. The number of carbonyl (C=O) groups is 1. The number of aryl methyl sites for hydroxylation is 1. The molecule has 5 heteroatoms. The molecule has 21 heavy (non-hydrogen) atoms. The van der Waals surface area contributed by atoms with E-state index in [0.717, 1.165) is 28.6 Å². The van der Waals surface area contributed by atoms with Gasteiger partial charge in [-0.25, -0.2) is 9.78 Å². The molecule has 114 valence electrons. The van der Waals surface area contributed by atoms with Crippen LogP contribution in [-0.2, 0) is 4.74 Å². The fourth-order valence-electron chi connectivity index (χ4n) is 5.22. The minimum atomic E-state index is -0.274. The summed E-state index contributed by atoms with van der Waals surface area (Å²) < 4.78 is 4.83. The molecule has 4 bridgehead atoms. The summed E-state index contributed by atoms with van der Waals surface area (Å²) >= 11 is 1.44. The van der Waals surface area contributed by atoms with Crippen LogP contribution in [0.5, 0.6) is 0 Å². The fraction of sp³-hybridized carbons (Fsp3) is 0.750. The van der Waals surface area contributed by atoms with E-state index < -0.39 is 0 Å². The number of esters is 1. The van der Waals surface area contributed by atoms with Crippen molar-refractivity contribution in [3.8, 4) is 0 Å². The third-order valence-corrected chi connectivity index (χ3v) is 6.63. The van der Waals surface area contributed by atoms with Crippen molar-refractivity contribution in [2.75, 3.05) is 12.4 Å². The molecule has 4 fully saturated rings. The SMILES string of the molecule is COC(=O)c1sc(NC23CC4CC(CC(C4)C2)C3)nc1C. The zero-order valence-electron chi connectivity index (χ0n) is 12.6. The number of thiazole rings is 1. The second kappa shape index (κ2) is 4.70. The molecule has 0 aromatic carbocycles. The van der Waals surface area contributed by atoms with Gasteiger partial charge in [0.15, 0.2) is 5.13 Å². The van der Waals surface area contributed by atoms with Gasteiger partial charge in [-0.2, -0.15) is 0 Å². The third kappa shape index (κ3) is 2.26. The van der Waals surface area contributed by atoms with E-state index in [1.165, 1.54) is 57.0 Å². The molecule has 0 radical (unpaired) electrons. The monoisotopic (exact) mass is 306 g/mol. The predicted molar refractivity (Wildman–Crippen MR) is 82.7 cm³/mol. The highest BCUT2D eigenvalue weighted by atomic mass is 32.1. The molecule has 0 atom stereocenters. The first-order chi connectivity index (χ1) is 10.1. The van der Waals surface area contributed by atoms with E-state index in [1.807, 2.05) is 6.92 Å². The number of rotatable bonds is 3. The number of ether oxygens (including phenoxy) is 1. The van der Waals surface area contributed by atoms with E-state index in [9.17, 15) is 4.79 Å². The number of carbonyl (C=O) groups excluding carboxylic acids is 1. The average Bonchev–Trinajstić information content (AvgIpc) is 2.76. The molecular weight excluding hydrogens is 284 g/mol. The lowest BCUT2D eigenvalue weighted by Crippen LogP contribution is -2.54. The predicted octanol–water partition coefficient (Wildman–Crippen LogP) is 3.62. The Morgan fingerprint density at radius 1 is 1.24 bits per heavy atom. The Labute approximate surface area is 129 Å². The molecule has 0 unspecified atom stereocenters. The summed E-state index contributed by atoms with van der Waals surface area (Å²) in [7, 11) is 1.42. The van der Waals surface area contributed by atoms with Crippen LogP contribution in [-0.4, -0.2) is 23.6 Å². The summed E-state index contributed by atoms with van der Waals surface area (Å²) in [4.78, 5) is 16.9. The maximum Gasteiger partial charge on any atom is 0.350 e. The molecule has 1 aromatic heterocycles. The Hall–Kier alpha value is -1.10. The lowest BCUT2D eigenvalue weighted by atomic mass is 9.53. The van der Waals surface area contributed by atoms with Crippen molar-refractivity contribution in [2.45, 2.75) is 51.0 Å². The van der Waals surface area contributed by atoms with E-state index in [0.29, 0.717) is 4.88 Å². The van der Waals surface area contributed by atoms with Crippen LogP contribution >= 0.6 is 11.3 Å². The maximum absolute atomic E-state index is 11.7. The first kappa shape index (κ1) is 13.6. The van der Waals surface area contributed by atoms with Crippen molar-refractivity contribution >= 4 is 22.4 Å². The molecule has 4 aliphatic rings. The maximum atomic E-state index is 11.7.